The lowest BCUT2D eigenvalue weighted by atomic mass is 10.1. The van der Waals surface area contributed by atoms with Crippen LogP contribution in [-0.2, 0) is 9.16 Å². The molecule has 0 aliphatic carbocycles. The van der Waals surface area contributed by atoms with Gasteiger partial charge >= 0.3 is 5.97 Å². The molecule has 0 aliphatic rings. The molecule has 0 saturated heterocycles. The minimum atomic E-state index is -1.90. The molecule has 0 amide bonds. The zero-order valence-electron chi connectivity index (χ0n) is 16.8. The highest BCUT2D eigenvalue weighted by Gasteiger charge is 2.38. The highest BCUT2D eigenvalue weighted by atomic mass is 28.4. The summed E-state index contributed by atoms with van der Waals surface area (Å²) in [6.45, 7) is 13.9. The Hall–Kier alpha value is -1.85. The van der Waals surface area contributed by atoms with Gasteiger partial charge in [0.2, 0.25) is 0 Å². The summed E-state index contributed by atoms with van der Waals surface area (Å²) in [7, 11) is -1.90. The fourth-order valence-electron chi connectivity index (χ4n) is 2.56. The van der Waals surface area contributed by atoms with E-state index in [-0.39, 0.29) is 17.0 Å². The third kappa shape index (κ3) is 4.65. The summed E-state index contributed by atoms with van der Waals surface area (Å²) in [6, 6.07) is 13.8. The molecule has 0 radical (unpaired) electrons. The van der Waals surface area contributed by atoms with Crippen molar-refractivity contribution >= 4 is 14.3 Å². The number of rotatable bonds is 7. The summed E-state index contributed by atoms with van der Waals surface area (Å²) in [5.41, 5.74) is 1.67. The van der Waals surface area contributed by atoms with Gasteiger partial charge in [0.25, 0.3) is 0 Å². The second-order valence-electron chi connectivity index (χ2n) is 8.02. The Morgan fingerprint density at radius 2 is 1.77 bits per heavy atom. The van der Waals surface area contributed by atoms with E-state index in [1.807, 2.05) is 42.0 Å². The Labute approximate surface area is 158 Å². The molecule has 26 heavy (non-hydrogen) atoms. The molecule has 0 fully saturated rings. The van der Waals surface area contributed by atoms with E-state index in [4.69, 9.17) is 9.16 Å². The smallest absolute Gasteiger partial charge is 0.354 e. The van der Waals surface area contributed by atoms with Gasteiger partial charge in [-0.2, -0.15) is 0 Å². The Balaban J connectivity index is 2.35. The Morgan fingerprint density at radius 3 is 2.35 bits per heavy atom. The molecule has 142 valence electrons. The third-order valence-electron chi connectivity index (χ3n) is 5.19. The van der Waals surface area contributed by atoms with E-state index in [1.165, 1.54) is 0 Å². The molecular formula is C21H31NO3Si. The van der Waals surface area contributed by atoms with Gasteiger partial charge in [0.15, 0.2) is 8.32 Å². The molecule has 2 rings (SSSR count). The predicted octanol–water partition coefficient (Wildman–Crippen LogP) is 5.28. The molecule has 4 nitrogen and oxygen atoms in total. The fourth-order valence-corrected chi connectivity index (χ4v) is 3.57. The molecule has 1 atom stereocenters. The van der Waals surface area contributed by atoms with E-state index in [0.29, 0.717) is 18.9 Å². The lowest BCUT2D eigenvalue weighted by Crippen LogP contribution is -2.42. The molecule has 1 aromatic heterocycles. The lowest BCUT2D eigenvalue weighted by molar-refractivity contribution is 0.0510. The molecule has 1 unspecified atom stereocenters. The van der Waals surface area contributed by atoms with Crippen molar-refractivity contribution in [3.63, 3.8) is 0 Å². The summed E-state index contributed by atoms with van der Waals surface area (Å²) in [5.74, 6) is -0.300. The first-order valence-corrected chi connectivity index (χ1v) is 12.1. The van der Waals surface area contributed by atoms with Crippen molar-refractivity contribution in [3.05, 3.63) is 59.9 Å². The van der Waals surface area contributed by atoms with E-state index in [2.05, 4.69) is 46.0 Å². The van der Waals surface area contributed by atoms with Gasteiger partial charge in [0.1, 0.15) is 5.69 Å². The standard InChI is InChI=1S/C21H31NO3Si/c1-7-24-20(23)18-14-11-15-22(18)19(17-12-9-8-10-13-17)16-25-26(5,6)21(2,3)4/h8-15,19H,7,16H2,1-6H3. The molecule has 5 heteroatoms. The topological polar surface area (TPSA) is 40.5 Å². The monoisotopic (exact) mass is 373 g/mol. The van der Waals surface area contributed by atoms with Crippen molar-refractivity contribution in [2.24, 2.45) is 0 Å². The van der Waals surface area contributed by atoms with Gasteiger partial charge in [-0.05, 0) is 42.8 Å². The van der Waals surface area contributed by atoms with E-state index in [0.717, 1.165) is 5.56 Å². The van der Waals surface area contributed by atoms with Crippen LogP contribution in [0.1, 0.15) is 49.8 Å². The molecule has 1 heterocycles. The number of hydrogen-bond acceptors (Lipinski definition) is 3. The molecule has 0 spiro atoms. The molecule has 0 bridgehead atoms. The van der Waals surface area contributed by atoms with Crippen LogP contribution in [0.25, 0.3) is 0 Å². The molecule has 0 N–H and O–H groups in total. The van der Waals surface area contributed by atoms with Gasteiger partial charge in [0.05, 0.1) is 19.3 Å². The fraction of sp³-hybridized carbons (Fsp3) is 0.476. The number of esters is 1. The number of hydrogen-bond donors (Lipinski definition) is 0. The minimum absolute atomic E-state index is 0.0697. The van der Waals surface area contributed by atoms with Crippen LogP contribution in [-0.4, -0.2) is 32.1 Å². The predicted molar refractivity (Wildman–Crippen MR) is 108 cm³/mol. The van der Waals surface area contributed by atoms with Gasteiger partial charge in [-0.15, -0.1) is 0 Å². The Bertz CT molecular complexity index is 716. The van der Waals surface area contributed by atoms with Crippen LogP contribution in [0.4, 0.5) is 0 Å². The van der Waals surface area contributed by atoms with Crippen molar-refractivity contribution in [2.75, 3.05) is 13.2 Å². The summed E-state index contributed by atoms with van der Waals surface area (Å²) in [6.07, 6.45) is 1.93. The minimum Gasteiger partial charge on any atom is -0.461 e. The van der Waals surface area contributed by atoms with Crippen molar-refractivity contribution in [2.45, 2.75) is 51.9 Å². The number of aromatic nitrogens is 1. The molecule has 1 aromatic carbocycles. The van der Waals surface area contributed by atoms with Crippen LogP contribution < -0.4 is 0 Å². The second-order valence-corrected chi connectivity index (χ2v) is 12.8. The summed E-state index contributed by atoms with van der Waals surface area (Å²) in [5, 5.41) is 0.134. The van der Waals surface area contributed by atoms with E-state index < -0.39 is 8.32 Å². The maximum absolute atomic E-state index is 12.3. The van der Waals surface area contributed by atoms with Gasteiger partial charge in [-0.3, -0.25) is 0 Å². The van der Waals surface area contributed by atoms with Gasteiger partial charge in [-0.1, -0.05) is 51.1 Å². The van der Waals surface area contributed by atoms with Crippen molar-refractivity contribution < 1.29 is 14.0 Å². The highest BCUT2D eigenvalue weighted by Crippen LogP contribution is 2.37. The molecular weight excluding hydrogens is 342 g/mol. The normalized spacial score (nSPS) is 13.5. The van der Waals surface area contributed by atoms with E-state index in [9.17, 15) is 4.79 Å². The average Bonchev–Trinajstić information content (AvgIpc) is 3.04. The summed E-state index contributed by atoms with van der Waals surface area (Å²) in [4.78, 5) is 12.3. The zero-order chi connectivity index (χ0) is 19.4. The highest BCUT2D eigenvalue weighted by molar-refractivity contribution is 6.74. The van der Waals surface area contributed by atoms with Crippen LogP contribution in [0.2, 0.25) is 18.1 Å². The van der Waals surface area contributed by atoms with Gasteiger partial charge in [0, 0.05) is 6.20 Å². The SMILES string of the molecule is CCOC(=O)c1cccn1C(CO[Si](C)(C)C(C)(C)C)c1ccccc1. The molecule has 2 aromatic rings. The summed E-state index contributed by atoms with van der Waals surface area (Å²) < 4.78 is 13.7. The first-order chi connectivity index (χ1) is 12.2. The maximum Gasteiger partial charge on any atom is 0.354 e. The molecule has 0 saturated carbocycles. The lowest BCUT2D eigenvalue weighted by Gasteiger charge is -2.37. The third-order valence-corrected chi connectivity index (χ3v) is 9.69. The van der Waals surface area contributed by atoms with Crippen molar-refractivity contribution in [3.8, 4) is 0 Å². The first kappa shape index (κ1) is 20.5. The van der Waals surface area contributed by atoms with Crippen molar-refractivity contribution in [1.82, 2.24) is 4.57 Å². The van der Waals surface area contributed by atoms with Crippen LogP contribution in [0.5, 0.6) is 0 Å². The quantitative estimate of drug-likeness (QED) is 0.490. The van der Waals surface area contributed by atoms with Gasteiger partial charge < -0.3 is 13.7 Å². The van der Waals surface area contributed by atoms with E-state index in [1.54, 1.807) is 6.07 Å². The average molecular weight is 374 g/mol. The summed E-state index contributed by atoms with van der Waals surface area (Å²) >= 11 is 0. The van der Waals surface area contributed by atoms with E-state index >= 15 is 0 Å². The van der Waals surface area contributed by atoms with Crippen LogP contribution in [0, 0.1) is 0 Å². The van der Waals surface area contributed by atoms with Crippen LogP contribution >= 0.6 is 0 Å². The second kappa shape index (κ2) is 8.23. The number of ether oxygens (including phenoxy) is 1. The number of carbonyl (C=O) groups is 1. The van der Waals surface area contributed by atoms with Crippen LogP contribution in [0.3, 0.4) is 0 Å². The van der Waals surface area contributed by atoms with Gasteiger partial charge in [-0.25, -0.2) is 4.79 Å². The first-order valence-electron chi connectivity index (χ1n) is 9.20. The Morgan fingerprint density at radius 1 is 1.12 bits per heavy atom. The van der Waals surface area contributed by atoms with Crippen LogP contribution in [0.15, 0.2) is 48.7 Å². The zero-order valence-corrected chi connectivity index (χ0v) is 17.8. The largest absolute Gasteiger partial charge is 0.461 e. The Kier molecular flexibility index (Phi) is 6.47. The number of benzene rings is 1. The number of nitrogens with zero attached hydrogens (tertiary/aromatic N) is 1. The number of carbonyl (C=O) groups excluding carboxylic acids is 1. The van der Waals surface area contributed by atoms with Crippen molar-refractivity contribution in [1.29, 1.82) is 0 Å². The molecule has 0 aliphatic heterocycles. The maximum atomic E-state index is 12.3.